The van der Waals surface area contributed by atoms with Gasteiger partial charge in [0.25, 0.3) is 10.0 Å². The molecule has 1 saturated carbocycles. The van der Waals surface area contributed by atoms with E-state index in [0.29, 0.717) is 6.42 Å². The van der Waals surface area contributed by atoms with Crippen molar-refractivity contribution >= 4 is 15.7 Å². The standard InChI is InChI=1S/C21H27N3O5S/c22-20(13-16-7-2-1-3-8-16)21(25)15-24(29-18-10-4-5-11-18)30(27,28)19-12-6-9-17(14-19)23-26/h1-3,6-9,12,14,18,20-21,25H,4-5,10-11,13,15,22H2/t20-,21+/m0/s1. The topological polar surface area (TPSA) is 122 Å². The molecule has 0 amide bonds. The van der Waals surface area contributed by atoms with Gasteiger partial charge < -0.3 is 10.8 Å². The Morgan fingerprint density at radius 3 is 2.50 bits per heavy atom. The summed E-state index contributed by atoms with van der Waals surface area (Å²) in [6.45, 7) is -0.314. The number of benzene rings is 2. The van der Waals surface area contributed by atoms with E-state index in [2.05, 4.69) is 5.18 Å². The highest BCUT2D eigenvalue weighted by Gasteiger charge is 2.33. The maximum atomic E-state index is 13.2. The molecule has 0 aliphatic heterocycles. The molecule has 30 heavy (non-hydrogen) atoms. The van der Waals surface area contributed by atoms with Crippen LogP contribution in [0.2, 0.25) is 0 Å². The van der Waals surface area contributed by atoms with Gasteiger partial charge in [0.2, 0.25) is 0 Å². The molecule has 8 nitrogen and oxygen atoms in total. The number of aliphatic hydroxyl groups excluding tert-OH is 1. The molecule has 1 aliphatic carbocycles. The van der Waals surface area contributed by atoms with E-state index in [1.165, 1.54) is 24.3 Å². The Labute approximate surface area is 176 Å². The first-order valence-corrected chi connectivity index (χ1v) is 11.4. The van der Waals surface area contributed by atoms with E-state index in [-0.39, 0.29) is 23.2 Å². The lowest BCUT2D eigenvalue weighted by molar-refractivity contribution is -0.144. The molecule has 0 radical (unpaired) electrons. The van der Waals surface area contributed by atoms with Gasteiger partial charge in [-0.1, -0.05) is 53.7 Å². The summed E-state index contributed by atoms with van der Waals surface area (Å²) in [5, 5.41) is 13.5. The lowest BCUT2D eigenvalue weighted by Gasteiger charge is -2.29. The van der Waals surface area contributed by atoms with Crippen LogP contribution in [0.5, 0.6) is 0 Å². The highest BCUT2D eigenvalue weighted by atomic mass is 32.2. The van der Waals surface area contributed by atoms with Crippen LogP contribution in [0.4, 0.5) is 5.69 Å². The zero-order valence-electron chi connectivity index (χ0n) is 16.6. The molecule has 0 saturated heterocycles. The summed E-state index contributed by atoms with van der Waals surface area (Å²) in [6.07, 6.45) is 2.41. The molecule has 2 aromatic rings. The molecule has 0 bridgehead atoms. The van der Waals surface area contributed by atoms with Gasteiger partial charge in [-0.25, -0.2) is 8.42 Å². The van der Waals surface area contributed by atoms with E-state index in [1.807, 2.05) is 30.3 Å². The van der Waals surface area contributed by atoms with Gasteiger partial charge >= 0.3 is 0 Å². The number of nitrogens with two attached hydrogens (primary N) is 1. The number of aliphatic hydroxyl groups is 1. The molecule has 0 aromatic heterocycles. The van der Waals surface area contributed by atoms with Gasteiger partial charge in [-0.3, -0.25) is 4.84 Å². The smallest absolute Gasteiger partial charge is 0.265 e. The van der Waals surface area contributed by atoms with Gasteiger partial charge in [-0.05, 0) is 48.2 Å². The zero-order valence-corrected chi connectivity index (χ0v) is 17.4. The second kappa shape index (κ2) is 10.2. The van der Waals surface area contributed by atoms with Crippen molar-refractivity contribution in [3.8, 4) is 0 Å². The van der Waals surface area contributed by atoms with E-state index >= 15 is 0 Å². The summed E-state index contributed by atoms with van der Waals surface area (Å²) in [4.78, 5) is 16.5. The van der Waals surface area contributed by atoms with E-state index in [9.17, 15) is 18.4 Å². The lowest BCUT2D eigenvalue weighted by Crippen LogP contribution is -2.47. The van der Waals surface area contributed by atoms with Gasteiger partial charge in [-0.15, -0.1) is 4.91 Å². The van der Waals surface area contributed by atoms with Crippen molar-refractivity contribution in [2.24, 2.45) is 10.9 Å². The van der Waals surface area contributed by atoms with Crippen LogP contribution in [0, 0.1) is 4.91 Å². The van der Waals surface area contributed by atoms with E-state index in [0.717, 1.165) is 35.7 Å². The highest BCUT2D eigenvalue weighted by Crippen LogP contribution is 2.27. The Bertz CT molecular complexity index is 933. The Kier molecular flexibility index (Phi) is 7.68. The third-order valence-electron chi connectivity index (χ3n) is 5.20. The summed E-state index contributed by atoms with van der Waals surface area (Å²) in [5.41, 5.74) is 7.09. The lowest BCUT2D eigenvalue weighted by atomic mass is 10.0. The van der Waals surface area contributed by atoms with E-state index in [4.69, 9.17) is 10.6 Å². The second-order valence-electron chi connectivity index (χ2n) is 7.51. The summed E-state index contributed by atoms with van der Waals surface area (Å²) in [6, 6.07) is 14.2. The zero-order chi connectivity index (χ0) is 21.6. The van der Waals surface area contributed by atoms with E-state index < -0.39 is 22.2 Å². The summed E-state index contributed by atoms with van der Waals surface area (Å²) in [5.74, 6) is 0. The monoisotopic (exact) mass is 433 g/mol. The Morgan fingerprint density at radius 2 is 1.83 bits per heavy atom. The predicted molar refractivity (Wildman–Crippen MR) is 113 cm³/mol. The SMILES string of the molecule is N[C@@H](Cc1ccccc1)[C@H](O)CN(OC1CCCC1)S(=O)(=O)c1cccc(N=O)c1. The molecular formula is C21H27N3O5S. The fraction of sp³-hybridized carbons (Fsp3) is 0.429. The number of sulfonamides is 1. The van der Waals surface area contributed by atoms with Crippen LogP contribution < -0.4 is 5.73 Å². The number of nitrogens with zero attached hydrogens (tertiary/aromatic N) is 2. The average molecular weight is 434 g/mol. The molecule has 0 spiro atoms. The maximum Gasteiger partial charge on any atom is 0.265 e. The van der Waals surface area contributed by atoms with Crippen molar-refractivity contribution in [2.75, 3.05) is 6.54 Å². The van der Waals surface area contributed by atoms with Crippen molar-refractivity contribution in [3.05, 3.63) is 65.1 Å². The minimum atomic E-state index is -4.13. The minimum Gasteiger partial charge on any atom is -0.390 e. The number of hydrogen-bond donors (Lipinski definition) is 2. The molecule has 0 unspecified atom stereocenters. The van der Waals surface area contributed by atoms with Crippen LogP contribution in [-0.2, 0) is 21.3 Å². The van der Waals surface area contributed by atoms with Crippen molar-refractivity contribution in [1.82, 2.24) is 4.47 Å². The van der Waals surface area contributed by atoms with Gasteiger partial charge in [0.05, 0.1) is 23.6 Å². The molecule has 2 aromatic carbocycles. The maximum absolute atomic E-state index is 13.2. The molecule has 1 fully saturated rings. The van der Waals surface area contributed by atoms with Gasteiger partial charge in [0.1, 0.15) is 5.69 Å². The van der Waals surface area contributed by atoms with Gasteiger partial charge in [0, 0.05) is 6.04 Å². The van der Waals surface area contributed by atoms with Crippen LogP contribution in [0.25, 0.3) is 0 Å². The van der Waals surface area contributed by atoms with Crippen molar-refractivity contribution in [2.45, 2.75) is 55.2 Å². The van der Waals surface area contributed by atoms with Crippen LogP contribution in [0.3, 0.4) is 0 Å². The first kappa shape index (κ1) is 22.5. The number of hydroxylamine groups is 1. The Balaban J connectivity index is 1.79. The Hall–Kier alpha value is -2.17. The largest absolute Gasteiger partial charge is 0.390 e. The first-order valence-electron chi connectivity index (χ1n) is 10.0. The van der Waals surface area contributed by atoms with E-state index in [1.54, 1.807) is 0 Å². The normalized spacial score (nSPS) is 17.2. The highest BCUT2D eigenvalue weighted by molar-refractivity contribution is 7.89. The predicted octanol–water partition coefficient (Wildman–Crippen LogP) is 2.88. The fourth-order valence-electron chi connectivity index (χ4n) is 3.49. The molecule has 3 N–H and O–H groups in total. The molecule has 3 rings (SSSR count). The average Bonchev–Trinajstić information content (AvgIpc) is 3.27. The third kappa shape index (κ3) is 5.71. The minimum absolute atomic E-state index is 0.00165. The quantitative estimate of drug-likeness (QED) is 0.439. The number of rotatable bonds is 10. The fourth-order valence-corrected chi connectivity index (χ4v) is 4.83. The van der Waals surface area contributed by atoms with Gasteiger partial charge in [-0.2, -0.15) is 0 Å². The Morgan fingerprint density at radius 1 is 1.13 bits per heavy atom. The van der Waals surface area contributed by atoms with Gasteiger partial charge in [0.15, 0.2) is 0 Å². The van der Waals surface area contributed by atoms with Crippen molar-refractivity contribution in [1.29, 1.82) is 0 Å². The number of nitroso groups, excluding NO2 is 1. The third-order valence-corrected chi connectivity index (χ3v) is 6.82. The second-order valence-corrected chi connectivity index (χ2v) is 9.34. The van der Waals surface area contributed by atoms with Crippen LogP contribution in [0.1, 0.15) is 31.2 Å². The molecule has 0 heterocycles. The summed E-state index contributed by atoms with van der Waals surface area (Å²) >= 11 is 0. The molecular weight excluding hydrogens is 406 g/mol. The van der Waals surface area contributed by atoms with Crippen LogP contribution in [-0.4, -0.2) is 42.8 Å². The first-order chi connectivity index (χ1) is 14.4. The molecule has 2 atom stereocenters. The van der Waals surface area contributed by atoms with Crippen LogP contribution >= 0.6 is 0 Å². The molecule has 1 aliphatic rings. The molecule has 9 heteroatoms. The molecule has 162 valence electrons. The summed E-state index contributed by atoms with van der Waals surface area (Å²) in [7, 11) is -4.13. The van der Waals surface area contributed by atoms with Crippen molar-refractivity contribution < 1.29 is 18.4 Å². The van der Waals surface area contributed by atoms with Crippen LogP contribution in [0.15, 0.2) is 64.7 Å². The number of hydrogen-bond acceptors (Lipinski definition) is 7. The summed E-state index contributed by atoms with van der Waals surface area (Å²) < 4.78 is 27.2. The van der Waals surface area contributed by atoms with Crippen molar-refractivity contribution in [3.63, 3.8) is 0 Å².